The average Bonchev–Trinajstić information content (AvgIpc) is 2.94. The van der Waals surface area contributed by atoms with Crippen LogP contribution >= 0.6 is 0 Å². The molecule has 0 bridgehead atoms. The Kier molecular flexibility index (Phi) is 6.62. The molecular weight excluding hydrogens is 294 g/mol. The molecule has 1 saturated heterocycles. The number of hydrogen-bond donors (Lipinski definition) is 2. The zero-order chi connectivity index (χ0) is 16.8. The quantitative estimate of drug-likeness (QED) is 0.794. The van der Waals surface area contributed by atoms with Crippen LogP contribution in [0.5, 0.6) is 0 Å². The van der Waals surface area contributed by atoms with Crippen LogP contribution in [0.1, 0.15) is 48.4 Å². The van der Waals surface area contributed by atoms with Crippen molar-refractivity contribution < 1.29 is 14.6 Å². The molecule has 1 aliphatic heterocycles. The van der Waals surface area contributed by atoms with E-state index in [2.05, 4.69) is 10.2 Å². The molecule has 2 heterocycles. The van der Waals surface area contributed by atoms with Gasteiger partial charge in [-0.05, 0) is 38.4 Å². The van der Waals surface area contributed by atoms with Crippen LogP contribution in [0.3, 0.4) is 0 Å². The van der Waals surface area contributed by atoms with Crippen molar-refractivity contribution in [3.05, 3.63) is 23.5 Å². The predicted octanol–water partition coefficient (Wildman–Crippen LogP) is 1.31. The van der Waals surface area contributed by atoms with Crippen molar-refractivity contribution in [2.45, 2.75) is 38.3 Å². The molecule has 1 aliphatic rings. The lowest BCUT2D eigenvalue weighted by atomic mass is 9.99. The summed E-state index contributed by atoms with van der Waals surface area (Å²) < 4.78 is 7.29. The first-order chi connectivity index (χ1) is 11.1. The van der Waals surface area contributed by atoms with Gasteiger partial charge in [-0.25, -0.2) is 0 Å². The van der Waals surface area contributed by atoms with Gasteiger partial charge in [-0.2, -0.15) is 0 Å². The fourth-order valence-corrected chi connectivity index (χ4v) is 3.34. The lowest BCUT2D eigenvalue weighted by Crippen LogP contribution is -2.41. The number of likely N-dealkylation sites (tertiary alicyclic amines) is 1. The molecule has 23 heavy (non-hydrogen) atoms. The molecule has 0 saturated carbocycles. The molecule has 1 aromatic heterocycles. The molecule has 6 nitrogen and oxygen atoms in total. The van der Waals surface area contributed by atoms with Gasteiger partial charge in [-0.15, -0.1) is 0 Å². The van der Waals surface area contributed by atoms with Crippen LogP contribution < -0.4 is 5.32 Å². The molecule has 2 N–H and O–H groups in total. The minimum Gasteiger partial charge on any atom is -0.389 e. The van der Waals surface area contributed by atoms with Gasteiger partial charge in [0.25, 0.3) is 5.91 Å². The summed E-state index contributed by atoms with van der Waals surface area (Å²) in [7, 11) is 3.58. The number of aliphatic hydroxyl groups is 1. The normalized spacial score (nSPS) is 20.4. The Morgan fingerprint density at radius 3 is 2.96 bits per heavy atom. The highest BCUT2D eigenvalue weighted by atomic mass is 16.5. The maximum Gasteiger partial charge on any atom is 0.267 e. The number of aliphatic hydroxyl groups excluding tert-OH is 1. The molecule has 0 aliphatic carbocycles. The fraction of sp³-hybridized carbons (Fsp3) is 0.706. The smallest absolute Gasteiger partial charge is 0.267 e. The highest BCUT2D eigenvalue weighted by molar-refractivity contribution is 5.92. The molecule has 6 heteroatoms. The van der Waals surface area contributed by atoms with Gasteiger partial charge < -0.3 is 19.7 Å². The number of amides is 1. The SMILES string of the molecule is CCOC[C@@H](O)CN1CCCC[C@@H]1c1ccc(C(=O)NC)n1C. The van der Waals surface area contributed by atoms with E-state index in [1.807, 2.05) is 30.7 Å². The Labute approximate surface area is 138 Å². The summed E-state index contributed by atoms with van der Waals surface area (Å²) in [6, 6.07) is 4.14. The summed E-state index contributed by atoms with van der Waals surface area (Å²) in [5.74, 6) is -0.0718. The maximum absolute atomic E-state index is 11.9. The lowest BCUT2D eigenvalue weighted by Gasteiger charge is -2.37. The Hall–Kier alpha value is -1.37. The Morgan fingerprint density at radius 2 is 2.26 bits per heavy atom. The van der Waals surface area contributed by atoms with Crippen LogP contribution in [0.2, 0.25) is 0 Å². The minimum atomic E-state index is -0.478. The monoisotopic (exact) mass is 323 g/mol. The number of β-amino-alcohol motifs (C(OH)–C–C–N with tert-alkyl or cyclic N) is 1. The van der Waals surface area contributed by atoms with Crippen LogP contribution in [0, 0.1) is 0 Å². The topological polar surface area (TPSA) is 66.7 Å². The van der Waals surface area contributed by atoms with Crippen LogP contribution in [0.4, 0.5) is 0 Å². The van der Waals surface area contributed by atoms with Crippen LogP contribution in [-0.2, 0) is 11.8 Å². The third-order valence-electron chi connectivity index (χ3n) is 4.54. The van der Waals surface area contributed by atoms with E-state index in [1.54, 1.807) is 7.05 Å². The number of hydrogen-bond acceptors (Lipinski definition) is 4. The third-order valence-corrected chi connectivity index (χ3v) is 4.54. The molecule has 0 radical (unpaired) electrons. The number of piperidine rings is 1. The Morgan fingerprint density at radius 1 is 1.48 bits per heavy atom. The van der Waals surface area contributed by atoms with E-state index in [0.29, 0.717) is 25.5 Å². The minimum absolute atomic E-state index is 0.0718. The summed E-state index contributed by atoms with van der Waals surface area (Å²) in [6.45, 7) is 4.49. The Bertz CT molecular complexity index is 515. The van der Waals surface area contributed by atoms with E-state index in [4.69, 9.17) is 4.74 Å². The van der Waals surface area contributed by atoms with E-state index in [-0.39, 0.29) is 11.9 Å². The first-order valence-electron chi connectivity index (χ1n) is 8.46. The number of ether oxygens (including phenoxy) is 1. The van der Waals surface area contributed by atoms with Gasteiger partial charge >= 0.3 is 0 Å². The highest BCUT2D eigenvalue weighted by Crippen LogP contribution is 2.31. The van der Waals surface area contributed by atoms with Gasteiger partial charge in [0.15, 0.2) is 0 Å². The van der Waals surface area contributed by atoms with Gasteiger partial charge in [0.2, 0.25) is 0 Å². The van der Waals surface area contributed by atoms with Crippen molar-refractivity contribution in [1.82, 2.24) is 14.8 Å². The number of nitrogens with one attached hydrogen (secondary N) is 1. The van der Waals surface area contributed by atoms with Crippen molar-refractivity contribution in [1.29, 1.82) is 0 Å². The van der Waals surface area contributed by atoms with Crippen molar-refractivity contribution in [3.8, 4) is 0 Å². The molecule has 1 aromatic rings. The average molecular weight is 323 g/mol. The van der Waals surface area contributed by atoms with E-state index >= 15 is 0 Å². The third kappa shape index (κ3) is 4.34. The highest BCUT2D eigenvalue weighted by Gasteiger charge is 2.28. The molecule has 2 atom stereocenters. The van der Waals surface area contributed by atoms with Crippen molar-refractivity contribution in [3.63, 3.8) is 0 Å². The first kappa shape index (κ1) is 18.0. The number of carbonyl (C=O) groups excluding carboxylic acids is 1. The second kappa shape index (κ2) is 8.47. The lowest BCUT2D eigenvalue weighted by molar-refractivity contribution is 0.00427. The number of rotatable bonds is 7. The van der Waals surface area contributed by atoms with Crippen LogP contribution in [-0.4, -0.2) is 59.9 Å². The van der Waals surface area contributed by atoms with Gasteiger partial charge in [-0.1, -0.05) is 6.42 Å². The largest absolute Gasteiger partial charge is 0.389 e. The molecule has 0 unspecified atom stereocenters. The van der Waals surface area contributed by atoms with E-state index in [0.717, 1.165) is 25.1 Å². The number of carbonyl (C=O) groups is 1. The summed E-state index contributed by atoms with van der Waals surface area (Å²) >= 11 is 0. The van der Waals surface area contributed by atoms with Crippen molar-refractivity contribution in [2.24, 2.45) is 7.05 Å². The zero-order valence-corrected chi connectivity index (χ0v) is 14.4. The second-order valence-electron chi connectivity index (χ2n) is 6.10. The van der Waals surface area contributed by atoms with E-state index in [9.17, 15) is 9.90 Å². The van der Waals surface area contributed by atoms with Gasteiger partial charge in [0.1, 0.15) is 5.69 Å². The second-order valence-corrected chi connectivity index (χ2v) is 6.10. The zero-order valence-electron chi connectivity index (χ0n) is 14.4. The molecule has 0 aromatic carbocycles. The fourth-order valence-electron chi connectivity index (χ4n) is 3.34. The number of aromatic nitrogens is 1. The number of nitrogens with zero attached hydrogens (tertiary/aromatic N) is 2. The van der Waals surface area contributed by atoms with Crippen LogP contribution in [0.15, 0.2) is 12.1 Å². The maximum atomic E-state index is 11.9. The molecular formula is C17H29N3O3. The summed E-state index contributed by atoms with van der Waals surface area (Å²) in [5, 5.41) is 12.8. The Balaban J connectivity index is 2.12. The van der Waals surface area contributed by atoms with Crippen molar-refractivity contribution >= 4 is 5.91 Å². The molecule has 2 rings (SSSR count). The summed E-state index contributed by atoms with van der Waals surface area (Å²) in [6.07, 6.45) is 2.88. The predicted molar refractivity (Wildman–Crippen MR) is 89.5 cm³/mol. The van der Waals surface area contributed by atoms with E-state index < -0.39 is 6.10 Å². The van der Waals surface area contributed by atoms with E-state index in [1.165, 1.54) is 6.42 Å². The summed E-state index contributed by atoms with van der Waals surface area (Å²) in [4.78, 5) is 14.2. The van der Waals surface area contributed by atoms with Gasteiger partial charge in [0, 0.05) is 32.9 Å². The molecule has 1 fully saturated rings. The first-order valence-corrected chi connectivity index (χ1v) is 8.46. The molecule has 130 valence electrons. The van der Waals surface area contributed by atoms with Gasteiger partial charge in [0.05, 0.1) is 18.8 Å². The standard InChI is InChI=1S/C17H29N3O3/c1-4-23-12-13(21)11-20-10-6-5-7-15(20)14-8-9-16(19(14)3)17(22)18-2/h8-9,13,15,21H,4-7,10-12H2,1-3H3,(H,18,22)/t13-,15+/m0/s1. The molecule has 0 spiro atoms. The summed E-state index contributed by atoms with van der Waals surface area (Å²) in [5.41, 5.74) is 1.80. The van der Waals surface area contributed by atoms with Crippen molar-refractivity contribution in [2.75, 3.05) is 33.4 Å². The molecule has 1 amide bonds. The van der Waals surface area contributed by atoms with Crippen LogP contribution in [0.25, 0.3) is 0 Å². The van der Waals surface area contributed by atoms with Gasteiger partial charge in [-0.3, -0.25) is 9.69 Å².